The Morgan fingerprint density at radius 2 is 1.55 bits per heavy atom. The van der Waals surface area contributed by atoms with Crippen LogP contribution in [-0.2, 0) is 9.59 Å². The van der Waals surface area contributed by atoms with Gasteiger partial charge in [0, 0.05) is 13.0 Å². The third kappa shape index (κ3) is 4.82. The maximum Gasteiger partial charge on any atom is 0.239 e. The van der Waals surface area contributed by atoms with Gasteiger partial charge in [-0.2, -0.15) is 0 Å². The Morgan fingerprint density at radius 1 is 0.966 bits per heavy atom. The number of benzene rings is 1. The molecule has 0 heterocycles. The van der Waals surface area contributed by atoms with Crippen molar-refractivity contribution in [1.82, 2.24) is 15.5 Å². The van der Waals surface area contributed by atoms with Crippen molar-refractivity contribution in [2.24, 2.45) is 23.2 Å². The normalized spacial score (nSPS) is 30.9. The summed E-state index contributed by atoms with van der Waals surface area (Å²) in [4.78, 5) is 27.0. The molecule has 2 N–H and O–H groups in total. The van der Waals surface area contributed by atoms with Crippen molar-refractivity contribution in [1.29, 1.82) is 0 Å². The SMILES string of the molecule is CN(C)C(CNC(=O)CNC(=O)CC12CC3CC(CC(C3)C1)C2)c1ccccc1. The average Bonchev–Trinajstić information content (AvgIpc) is 2.65. The molecule has 5 heteroatoms. The van der Waals surface area contributed by atoms with Crippen LogP contribution in [0.2, 0.25) is 0 Å². The molecule has 4 saturated carbocycles. The molecule has 1 atom stereocenters. The molecular weight excluding hydrogens is 362 g/mol. The zero-order chi connectivity index (χ0) is 20.4. The summed E-state index contributed by atoms with van der Waals surface area (Å²) in [5, 5.41) is 5.87. The minimum atomic E-state index is -0.119. The van der Waals surface area contributed by atoms with Gasteiger partial charge in [0.05, 0.1) is 12.6 Å². The van der Waals surface area contributed by atoms with Crippen molar-refractivity contribution >= 4 is 11.8 Å². The van der Waals surface area contributed by atoms with Crippen LogP contribution in [0.5, 0.6) is 0 Å². The van der Waals surface area contributed by atoms with Gasteiger partial charge in [0.25, 0.3) is 0 Å². The van der Waals surface area contributed by atoms with E-state index < -0.39 is 0 Å². The Hall–Kier alpha value is -1.88. The topological polar surface area (TPSA) is 61.4 Å². The van der Waals surface area contributed by atoms with Crippen LogP contribution in [0.1, 0.15) is 56.6 Å². The fourth-order valence-corrected chi connectivity index (χ4v) is 6.64. The molecule has 2 amide bonds. The molecule has 0 saturated heterocycles. The van der Waals surface area contributed by atoms with Crippen molar-refractivity contribution in [3.05, 3.63) is 35.9 Å². The molecule has 4 fully saturated rings. The van der Waals surface area contributed by atoms with Crippen molar-refractivity contribution in [3.8, 4) is 0 Å². The molecule has 1 unspecified atom stereocenters. The lowest BCUT2D eigenvalue weighted by Crippen LogP contribution is -2.48. The number of hydrogen-bond donors (Lipinski definition) is 2. The predicted molar refractivity (Wildman–Crippen MR) is 114 cm³/mol. The van der Waals surface area contributed by atoms with Gasteiger partial charge in [-0.15, -0.1) is 0 Å². The number of rotatable bonds is 8. The number of carbonyl (C=O) groups is 2. The van der Waals surface area contributed by atoms with Crippen LogP contribution in [0.25, 0.3) is 0 Å². The fraction of sp³-hybridized carbons (Fsp3) is 0.667. The Bertz CT molecular complexity index is 696. The lowest BCUT2D eigenvalue weighted by Gasteiger charge is -2.56. The monoisotopic (exact) mass is 397 g/mol. The van der Waals surface area contributed by atoms with E-state index in [9.17, 15) is 9.59 Å². The summed E-state index contributed by atoms with van der Waals surface area (Å²) in [5.41, 5.74) is 1.39. The Labute approximate surface area is 174 Å². The van der Waals surface area contributed by atoms with Gasteiger partial charge in [-0.3, -0.25) is 9.59 Å². The predicted octanol–water partition coefficient (Wildman–Crippen LogP) is 3.13. The summed E-state index contributed by atoms with van der Waals surface area (Å²) < 4.78 is 0. The molecular formula is C24H35N3O2. The first-order valence-electron chi connectivity index (χ1n) is 11.2. The summed E-state index contributed by atoms with van der Waals surface area (Å²) in [6.45, 7) is 0.598. The van der Waals surface area contributed by atoms with Gasteiger partial charge in [0.15, 0.2) is 0 Å². The first kappa shape index (κ1) is 20.4. The molecule has 0 radical (unpaired) electrons. The molecule has 1 aromatic rings. The standard InChI is InChI=1S/C24H35N3O2/c1-27(2)21(20-6-4-3-5-7-20)15-25-23(29)16-26-22(28)14-24-11-17-8-18(12-24)10-19(9-17)13-24/h3-7,17-19,21H,8-16H2,1-2H3,(H,25,29)(H,26,28). The molecule has 0 aliphatic heterocycles. The molecule has 0 spiro atoms. The molecule has 0 aromatic heterocycles. The maximum absolute atomic E-state index is 12.6. The number of carbonyl (C=O) groups excluding carboxylic acids is 2. The zero-order valence-corrected chi connectivity index (χ0v) is 17.8. The molecule has 1 aromatic carbocycles. The third-order valence-corrected chi connectivity index (χ3v) is 7.45. The largest absolute Gasteiger partial charge is 0.353 e. The number of nitrogens with zero attached hydrogens (tertiary/aromatic N) is 1. The number of nitrogens with one attached hydrogen (secondary N) is 2. The van der Waals surface area contributed by atoms with Crippen molar-refractivity contribution in [3.63, 3.8) is 0 Å². The van der Waals surface area contributed by atoms with Gasteiger partial charge in [0.1, 0.15) is 0 Å². The van der Waals surface area contributed by atoms with E-state index in [1.807, 2.05) is 32.3 Å². The molecule has 4 aliphatic rings. The van der Waals surface area contributed by atoms with E-state index in [1.54, 1.807) is 0 Å². The highest BCUT2D eigenvalue weighted by molar-refractivity contribution is 5.85. The smallest absolute Gasteiger partial charge is 0.239 e. The zero-order valence-electron chi connectivity index (χ0n) is 17.8. The molecule has 4 bridgehead atoms. The van der Waals surface area contributed by atoms with Crippen LogP contribution in [0, 0.1) is 23.2 Å². The first-order chi connectivity index (χ1) is 13.9. The summed E-state index contributed by atoms with van der Waals surface area (Å²) in [7, 11) is 4.02. The lowest BCUT2D eigenvalue weighted by molar-refractivity contribution is -0.132. The van der Waals surface area contributed by atoms with Crippen LogP contribution in [-0.4, -0.2) is 43.9 Å². The van der Waals surface area contributed by atoms with Crippen molar-refractivity contribution < 1.29 is 9.59 Å². The lowest BCUT2D eigenvalue weighted by atomic mass is 9.49. The number of amides is 2. The van der Waals surface area contributed by atoms with Crippen molar-refractivity contribution in [2.45, 2.75) is 51.0 Å². The van der Waals surface area contributed by atoms with Crippen LogP contribution in [0.4, 0.5) is 0 Å². The van der Waals surface area contributed by atoms with E-state index in [0.717, 1.165) is 17.8 Å². The highest BCUT2D eigenvalue weighted by atomic mass is 16.2. The van der Waals surface area contributed by atoms with Gasteiger partial charge in [-0.05, 0) is 81.4 Å². The van der Waals surface area contributed by atoms with Crippen LogP contribution >= 0.6 is 0 Å². The second-order valence-corrected chi connectivity index (χ2v) is 10.1. The van der Waals surface area contributed by atoms with E-state index in [-0.39, 0.29) is 29.8 Å². The van der Waals surface area contributed by atoms with Gasteiger partial charge in [-0.25, -0.2) is 0 Å². The molecule has 29 heavy (non-hydrogen) atoms. The molecule has 4 aliphatic carbocycles. The summed E-state index contributed by atoms with van der Waals surface area (Å²) in [6, 6.07) is 10.3. The van der Waals surface area contributed by atoms with E-state index in [0.29, 0.717) is 13.0 Å². The van der Waals surface area contributed by atoms with E-state index in [1.165, 1.54) is 44.1 Å². The van der Waals surface area contributed by atoms with Crippen molar-refractivity contribution in [2.75, 3.05) is 27.2 Å². The number of likely N-dealkylation sites (N-methyl/N-ethyl adjacent to an activating group) is 1. The van der Waals surface area contributed by atoms with Crippen LogP contribution in [0.15, 0.2) is 30.3 Å². The number of hydrogen-bond acceptors (Lipinski definition) is 3. The minimum Gasteiger partial charge on any atom is -0.353 e. The van der Waals surface area contributed by atoms with Gasteiger partial charge in [-0.1, -0.05) is 30.3 Å². The Balaban J connectivity index is 1.23. The summed E-state index contributed by atoms with van der Waals surface area (Å²) in [6.07, 6.45) is 8.43. The van der Waals surface area contributed by atoms with E-state index >= 15 is 0 Å². The molecule has 158 valence electrons. The van der Waals surface area contributed by atoms with Crippen LogP contribution < -0.4 is 10.6 Å². The van der Waals surface area contributed by atoms with Crippen LogP contribution in [0.3, 0.4) is 0 Å². The van der Waals surface area contributed by atoms with E-state index in [2.05, 4.69) is 27.7 Å². The third-order valence-electron chi connectivity index (χ3n) is 7.45. The van der Waals surface area contributed by atoms with Gasteiger partial charge >= 0.3 is 0 Å². The van der Waals surface area contributed by atoms with Gasteiger partial charge in [0.2, 0.25) is 11.8 Å². The Kier molecular flexibility index (Phi) is 5.95. The quantitative estimate of drug-likeness (QED) is 0.708. The second kappa shape index (κ2) is 8.47. The molecule has 5 nitrogen and oxygen atoms in total. The minimum absolute atomic E-state index is 0.0503. The average molecular weight is 398 g/mol. The van der Waals surface area contributed by atoms with E-state index in [4.69, 9.17) is 0 Å². The summed E-state index contributed by atoms with van der Waals surface area (Å²) >= 11 is 0. The second-order valence-electron chi connectivity index (χ2n) is 10.1. The first-order valence-corrected chi connectivity index (χ1v) is 11.2. The highest BCUT2D eigenvalue weighted by Gasteiger charge is 2.51. The fourth-order valence-electron chi connectivity index (χ4n) is 6.64. The van der Waals surface area contributed by atoms with Gasteiger partial charge < -0.3 is 15.5 Å². The summed E-state index contributed by atoms with van der Waals surface area (Å²) in [5.74, 6) is 2.47. The molecule has 5 rings (SSSR count). The Morgan fingerprint density at radius 3 is 2.10 bits per heavy atom. The maximum atomic E-state index is 12.6. The highest BCUT2D eigenvalue weighted by Crippen LogP contribution is 2.61.